The second-order valence-corrected chi connectivity index (χ2v) is 4.82. The van der Waals surface area contributed by atoms with Crippen LogP contribution in [0, 0.1) is 6.92 Å². The van der Waals surface area contributed by atoms with Crippen LogP contribution < -0.4 is 4.74 Å². The Morgan fingerprint density at radius 2 is 2.19 bits per heavy atom. The van der Waals surface area contributed by atoms with Gasteiger partial charge in [0.1, 0.15) is 5.75 Å². The molecule has 1 heteroatoms. The molecule has 1 fully saturated rings. The van der Waals surface area contributed by atoms with E-state index in [1.165, 1.54) is 24.0 Å². The lowest BCUT2D eigenvalue weighted by atomic mass is 9.98. The normalized spacial score (nSPS) is 15.5. The maximum atomic E-state index is 5.80. The molecule has 1 aliphatic carbocycles. The molecule has 0 aromatic heterocycles. The highest BCUT2D eigenvalue weighted by Crippen LogP contribution is 2.45. The Kier molecular flexibility index (Phi) is 3.52. The van der Waals surface area contributed by atoms with Crippen molar-refractivity contribution in [1.29, 1.82) is 0 Å². The lowest BCUT2D eigenvalue weighted by molar-refractivity contribution is 0.314. The molecule has 1 unspecified atom stereocenters. The van der Waals surface area contributed by atoms with E-state index in [0.717, 1.165) is 24.7 Å². The van der Waals surface area contributed by atoms with Crippen LogP contribution in [-0.4, -0.2) is 6.61 Å². The third-order valence-corrected chi connectivity index (χ3v) is 3.08. The summed E-state index contributed by atoms with van der Waals surface area (Å²) in [4.78, 5) is 0. The Labute approximate surface area is 98.8 Å². The van der Waals surface area contributed by atoms with Gasteiger partial charge in [0.2, 0.25) is 0 Å². The fourth-order valence-corrected chi connectivity index (χ4v) is 1.93. The summed E-state index contributed by atoms with van der Waals surface area (Å²) in [7, 11) is 0. The monoisotopic (exact) mass is 217 g/mol. The molecule has 1 aliphatic rings. The Bertz CT molecular complexity index is 350. The number of benzene rings is 1. The van der Waals surface area contributed by atoms with E-state index in [2.05, 4.69) is 39.0 Å². The van der Waals surface area contributed by atoms with Crippen molar-refractivity contribution >= 4 is 0 Å². The van der Waals surface area contributed by atoms with Gasteiger partial charge in [0.25, 0.3) is 0 Å². The van der Waals surface area contributed by atoms with Gasteiger partial charge in [-0.1, -0.05) is 26.0 Å². The molecule has 0 saturated heterocycles. The molecule has 1 nitrogen and oxygen atoms in total. The van der Waals surface area contributed by atoms with Gasteiger partial charge in [-0.05, 0) is 55.2 Å². The van der Waals surface area contributed by atoms with Gasteiger partial charge in [0.15, 0.2) is 0 Å². The number of hydrogen-bond donors (Lipinski definition) is 0. The van der Waals surface area contributed by atoms with E-state index in [9.17, 15) is 0 Å². The average molecular weight is 217 g/mol. The van der Waals surface area contributed by atoms with E-state index in [4.69, 9.17) is 4.74 Å². The Morgan fingerprint density at radius 1 is 1.44 bits per heavy atom. The highest BCUT2D eigenvalue weighted by Gasteiger charge is 2.27. The first-order chi connectivity index (χ1) is 7.72. The standard InChI is InChI=1S/C15H21O/c1-4-9-16-15-8-7-13(11(2)3)10-14(15)12-5-6-12/h7-8,10-12H,2,4-6,9H2,1,3H3. The van der Waals surface area contributed by atoms with E-state index >= 15 is 0 Å². The predicted octanol–water partition coefficient (Wildman–Crippen LogP) is 4.29. The molecular formula is C15H21O. The van der Waals surface area contributed by atoms with Crippen LogP contribution in [0.4, 0.5) is 0 Å². The smallest absolute Gasteiger partial charge is 0.122 e. The molecule has 1 aromatic rings. The molecule has 1 radical (unpaired) electrons. The highest BCUT2D eigenvalue weighted by molar-refractivity contribution is 5.42. The zero-order chi connectivity index (χ0) is 11.5. The lowest BCUT2D eigenvalue weighted by Gasteiger charge is -2.13. The summed E-state index contributed by atoms with van der Waals surface area (Å²) in [5.41, 5.74) is 2.73. The van der Waals surface area contributed by atoms with Gasteiger partial charge in [-0.15, -0.1) is 0 Å². The van der Waals surface area contributed by atoms with Gasteiger partial charge in [0.05, 0.1) is 6.61 Å². The summed E-state index contributed by atoms with van der Waals surface area (Å²) in [6, 6.07) is 6.56. The fraction of sp³-hybridized carbons (Fsp3) is 0.533. The summed E-state index contributed by atoms with van der Waals surface area (Å²) >= 11 is 0. The topological polar surface area (TPSA) is 9.23 Å². The maximum absolute atomic E-state index is 5.80. The third kappa shape index (κ3) is 2.58. The van der Waals surface area contributed by atoms with Crippen molar-refractivity contribution in [3.8, 4) is 5.75 Å². The minimum atomic E-state index is 0.359. The minimum absolute atomic E-state index is 0.359. The van der Waals surface area contributed by atoms with E-state index in [0.29, 0.717) is 5.92 Å². The lowest BCUT2D eigenvalue weighted by Crippen LogP contribution is -2.00. The van der Waals surface area contributed by atoms with Gasteiger partial charge >= 0.3 is 0 Å². The fourth-order valence-electron chi connectivity index (χ4n) is 1.93. The van der Waals surface area contributed by atoms with Crippen molar-refractivity contribution in [1.82, 2.24) is 0 Å². The van der Waals surface area contributed by atoms with E-state index in [1.807, 2.05) is 0 Å². The van der Waals surface area contributed by atoms with Crippen LogP contribution in [0.3, 0.4) is 0 Å². The number of rotatable bonds is 5. The van der Waals surface area contributed by atoms with E-state index in [1.54, 1.807) is 0 Å². The molecule has 0 N–H and O–H groups in total. The van der Waals surface area contributed by atoms with Gasteiger partial charge in [-0.25, -0.2) is 0 Å². The molecule has 16 heavy (non-hydrogen) atoms. The minimum Gasteiger partial charge on any atom is -0.493 e. The summed E-state index contributed by atoms with van der Waals surface area (Å²) in [5, 5.41) is 0. The molecule has 1 saturated carbocycles. The van der Waals surface area contributed by atoms with Crippen molar-refractivity contribution in [3.63, 3.8) is 0 Å². The van der Waals surface area contributed by atoms with Gasteiger partial charge in [0, 0.05) is 0 Å². The zero-order valence-corrected chi connectivity index (χ0v) is 10.3. The molecule has 0 amide bonds. The molecule has 2 rings (SSSR count). The summed E-state index contributed by atoms with van der Waals surface area (Å²) < 4.78 is 5.80. The van der Waals surface area contributed by atoms with Crippen molar-refractivity contribution in [2.75, 3.05) is 6.61 Å². The first-order valence-electron chi connectivity index (χ1n) is 6.32. The van der Waals surface area contributed by atoms with Crippen LogP contribution in [0.25, 0.3) is 0 Å². The van der Waals surface area contributed by atoms with Gasteiger partial charge in [-0.3, -0.25) is 0 Å². The van der Waals surface area contributed by atoms with Crippen molar-refractivity contribution in [3.05, 3.63) is 36.2 Å². The number of ether oxygens (including phenoxy) is 1. The second kappa shape index (κ2) is 4.90. The SMILES string of the molecule is [CH2]C(C)c1ccc(OCCC)c(C2CC2)c1. The summed E-state index contributed by atoms with van der Waals surface area (Å²) in [6.07, 6.45) is 3.70. The molecule has 0 spiro atoms. The largest absolute Gasteiger partial charge is 0.493 e. The Hall–Kier alpha value is -0.980. The first kappa shape index (κ1) is 11.5. The Morgan fingerprint density at radius 3 is 2.75 bits per heavy atom. The van der Waals surface area contributed by atoms with Gasteiger partial charge < -0.3 is 4.74 Å². The van der Waals surface area contributed by atoms with Crippen molar-refractivity contribution < 1.29 is 4.74 Å². The van der Waals surface area contributed by atoms with Crippen molar-refractivity contribution in [2.45, 2.75) is 44.9 Å². The van der Waals surface area contributed by atoms with E-state index in [-0.39, 0.29) is 0 Å². The van der Waals surface area contributed by atoms with Crippen LogP contribution in [0.15, 0.2) is 18.2 Å². The number of hydrogen-bond acceptors (Lipinski definition) is 1. The first-order valence-corrected chi connectivity index (χ1v) is 6.32. The summed E-state index contributed by atoms with van der Waals surface area (Å²) in [5.74, 6) is 2.19. The maximum Gasteiger partial charge on any atom is 0.122 e. The molecule has 1 atom stereocenters. The third-order valence-electron chi connectivity index (χ3n) is 3.08. The van der Waals surface area contributed by atoms with Crippen molar-refractivity contribution in [2.24, 2.45) is 0 Å². The molecule has 0 heterocycles. The van der Waals surface area contributed by atoms with Crippen LogP contribution in [0.2, 0.25) is 0 Å². The van der Waals surface area contributed by atoms with Crippen LogP contribution in [-0.2, 0) is 0 Å². The molecule has 87 valence electrons. The van der Waals surface area contributed by atoms with Crippen LogP contribution in [0.5, 0.6) is 5.75 Å². The average Bonchev–Trinajstić information content (AvgIpc) is 3.09. The Balaban J connectivity index is 2.22. The van der Waals surface area contributed by atoms with Crippen LogP contribution >= 0.6 is 0 Å². The molecule has 0 aliphatic heterocycles. The quantitative estimate of drug-likeness (QED) is 0.715. The van der Waals surface area contributed by atoms with Crippen LogP contribution in [0.1, 0.15) is 56.1 Å². The molecular weight excluding hydrogens is 196 g/mol. The van der Waals surface area contributed by atoms with Gasteiger partial charge in [-0.2, -0.15) is 0 Å². The second-order valence-electron chi connectivity index (χ2n) is 4.82. The van der Waals surface area contributed by atoms with E-state index < -0.39 is 0 Å². The zero-order valence-electron chi connectivity index (χ0n) is 10.3. The molecule has 0 bridgehead atoms. The molecule has 1 aromatic carbocycles. The summed E-state index contributed by atoms with van der Waals surface area (Å²) in [6.45, 7) is 9.18. The highest BCUT2D eigenvalue weighted by atomic mass is 16.5. The predicted molar refractivity (Wildman–Crippen MR) is 68.0 cm³/mol.